The molecular weight excluding hydrogens is 392 g/mol. The van der Waals surface area contributed by atoms with Gasteiger partial charge in [0.15, 0.2) is 0 Å². The number of piperidine rings is 1. The molecule has 0 saturated carbocycles. The lowest BCUT2D eigenvalue weighted by Gasteiger charge is -2.34. The molecule has 1 aromatic rings. The minimum absolute atomic E-state index is 0.156. The predicted octanol–water partition coefficient (Wildman–Crippen LogP) is 2.35. The van der Waals surface area contributed by atoms with Crippen molar-refractivity contribution in [3.05, 3.63) is 29.8 Å². The highest BCUT2D eigenvalue weighted by molar-refractivity contribution is 7.98. The maximum atomic E-state index is 13.2. The molecule has 2 unspecified atom stereocenters. The third-order valence-electron chi connectivity index (χ3n) is 4.92. The van der Waals surface area contributed by atoms with Crippen molar-refractivity contribution >= 4 is 29.5 Å². The molecule has 1 aromatic carbocycles. The number of ether oxygens (including phenoxy) is 2. The summed E-state index contributed by atoms with van der Waals surface area (Å²) >= 11 is 1.62. The number of benzene rings is 1. The summed E-state index contributed by atoms with van der Waals surface area (Å²) in [6.45, 7) is 3.01. The molecule has 160 valence electrons. The number of carbonyl (C=O) groups is 3. The van der Waals surface area contributed by atoms with Crippen molar-refractivity contribution in [2.75, 3.05) is 38.8 Å². The van der Waals surface area contributed by atoms with Crippen LogP contribution < -0.4 is 10.1 Å². The number of nitrogens with zero attached hydrogens (tertiary/aromatic N) is 1. The van der Waals surface area contributed by atoms with Crippen LogP contribution in [0.3, 0.4) is 0 Å². The fourth-order valence-electron chi connectivity index (χ4n) is 3.41. The SMILES string of the molecule is CCOC(=O)C1CCCN(C(=O)C(CCSC)NC(=O)c2ccccc2OC)C1. The number of thioether (sulfide) groups is 1. The molecule has 1 aliphatic rings. The molecule has 0 bridgehead atoms. The first-order valence-corrected chi connectivity index (χ1v) is 11.3. The summed E-state index contributed by atoms with van der Waals surface area (Å²) in [6, 6.07) is 6.27. The lowest BCUT2D eigenvalue weighted by atomic mass is 9.97. The van der Waals surface area contributed by atoms with Crippen LogP contribution in [0.4, 0.5) is 0 Å². The van der Waals surface area contributed by atoms with Crippen molar-refractivity contribution in [3.8, 4) is 5.75 Å². The van der Waals surface area contributed by atoms with Crippen LogP contribution in [0, 0.1) is 5.92 Å². The van der Waals surface area contributed by atoms with Gasteiger partial charge in [-0.05, 0) is 50.3 Å². The van der Waals surface area contributed by atoms with E-state index in [2.05, 4.69) is 5.32 Å². The largest absolute Gasteiger partial charge is 0.496 e. The Morgan fingerprint density at radius 2 is 2.07 bits per heavy atom. The number of likely N-dealkylation sites (tertiary alicyclic amines) is 1. The molecule has 0 aliphatic carbocycles. The van der Waals surface area contributed by atoms with Crippen LogP contribution in [0.15, 0.2) is 24.3 Å². The van der Waals surface area contributed by atoms with E-state index in [0.29, 0.717) is 43.9 Å². The second-order valence-electron chi connectivity index (χ2n) is 6.88. The first-order valence-electron chi connectivity index (χ1n) is 9.90. The predicted molar refractivity (Wildman–Crippen MR) is 113 cm³/mol. The Hall–Kier alpha value is -2.22. The average Bonchev–Trinajstić information content (AvgIpc) is 2.76. The highest BCUT2D eigenvalue weighted by Gasteiger charge is 2.33. The zero-order chi connectivity index (χ0) is 21.2. The third kappa shape index (κ3) is 6.39. The quantitative estimate of drug-likeness (QED) is 0.615. The second-order valence-corrected chi connectivity index (χ2v) is 7.87. The van der Waals surface area contributed by atoms with E-state index < -0.39 is 6.04 Å². The first-order chi connectivity index (χ1) is 14.0. The number of nitrogens with one attached hydrogen (secondary N) is 1. The molecule has 8 heteroatoms. The van der Waals surface area contributed by atoms with Crippen LogP contribution in [0.1, 0.15) is 36.5 Å². The van der Waals surface area contributed by atoms with Gasteiger partial charge in [-0.15, -0.1) is 0 Å². The number of para-hydroxylation sites is 1. The summed E-state index contributed by atoms with van der Waals surface area (Å²) in [5.74, 6) is 0.124. The average molecular weight is 423 g/mol. The van der Waals surface area contributed by atoms with E-state index in [-0.39, 0.29) is 23.7 Å². The van der Waals surface area contributed by atoms with E-state index in [1.165, 1.54) is 7.11 Å². The van der Waals surface area contributed by atoms with Crippen molar-refractivity contribution in [2.24, 2.45) is 5.92 Å². The molecule has 29 heavy (non-hydrogen) atoms. The van der Waals surface area contributed by atoms with Gasteiger partial charge in [0, 0.05) is 13.1 Å². The Kier molecular flexibility index (Phi) is 9.31. The number of amides is 2. The lowest BCUT2D eigenvalue weighted by Crippen LogP contribution is -2.52. The smallest absolute Gasteiger partial charge is 0.310 e. The summed E-state index contributed by atoms with van der Waals surface area (Å²) in [5, 5.41) is 2.87. The van der Waals surface area contributed by atoms with Gasteiger partial charge in [0.25, 0.3) is 5.91 Å². The highest BCUT2D eigenvalue weighted by atomic mass is 32.2. The Balaban J connectivity index is 2.11. The molecule has 1 fully saturated rings. The maximum Gasteiger partial charge on any atom is 0.310 e. The van der Waals surface area contributed by atoms with Gasteiger partial charge in [0.1, 0.15) is 11.8 Å². The van der Waals surface area contributed by atoms with Gasteiger partial charge in [-0.1, -0.05) is 12.1 Å². The summed E-state index contributed by atoms with van der Waals surface area (Å²) < 4.78 is 10.4. The van der Waals surface area contributed by atoms with Crippen molar-refractivity contribution in [2.45, 2.75) is 32.2 Å². The van der Waals surface area contributed by atoms with E-state index in [4.69, 9.17) is 9.47 Å². The molecule has 7 nitrogen and oxygen atoms in total. The Labute approximate surface area is 176 Å². The maximum absolute atomic E-state index is 13.2. The van der Waals surface area contributed by atoms with Gasteiger partial charge in [0.05, 0.1) is 25.2 Å². The molecule has 1 N–H and O–H groups in total. The third-order valence-corrected chi connectivity index (χ3v) is 5.56. The minimum atomic E-state index is -0.652. The number of rotatable bonds is 9. The molecule has 2 atom stereocenters. The van der Waals surface area contributed by atoms with Crippen molar-refractivity contribution < 1.29 is 23.9 Å². The fraction of sp³-hybridized carbons (Fsp3) is 0.571. The second kappa shape index (κ2) is 11.7. The van der Waals surface area contributed by atoms with E-state index in [0.717, 1.165) is 12.2 Å². The normalized spacial score (nSPS) is 17.3. The number of hydrogen-bond donors (Lipinski definition) is 1. The van der Waals surface area contributed by atoms with Crippen LogP contribution in [-0.4, -0.2) is 67.5 Å². The molecule has 1 aliphatic heterocycles. The number of esters is 1. The fourth-order valence-corrected chi connectivity index (χ4v) is 3.88. The van der Waals surface area contributed by atoms with Crippen molar-refractivity contribution in [1.82, 2.24) is 10.2 Å². The van der Waals surface area contributed by atoms with Gasteiger partial charge >= 0.3 is 5.97 Å². The van der Waals surface area contributed by atoms with Gasteiger partial charge in [-0.3, -0.25) is 14.4 Å². The zero-order valence-corrected chi connectivity index (χ0v) is 18.1. The number of carbonyl (C=O) groups excluding carboxylic acids is 3. The standard InChI is InChI=1S/C21H30N2O5S/c1-4-28-21(26)15-8-7-12-23(14-15)20(25)17(11-13-29-3)22-19(24)16-9-5-6-10-18(16)27-2/h5-6,9-10,15,17H,4,7-8,11-14H2,1-3H3,(H,22,24). The minimum Gasteiger partial charge on any atom is -0.496 e. The van der Waals surface area contributed by atoms with Gasteiger partial charge < -0.3 is 19.7 Å². The van der Waals surface area contributed by atoms with E-state index >= 15 is 0 Å². The molecule has 0 aromatic heterocycles. The number of methoxy groups -OCH3 is 1. The molecule has 0 spiro atoms. The van der Waals surface area contributed by atoms with Crippen LogP contribution in [-0.2, 0) is 14.3 Å². The van der Waals surface area contributed by atoms with E-state index in [9.17, 15) is 14.4 Å². The Morgan fingerprint density at radius 3 is 2.76 bits per heavy atom. The van der Waals surface area contributed by atoms with Crippen LogP contribution in [0.25, 0.3) is 0 Å². The summed E-state index contributed by atoms with van der Waals surface area (Å²) in [4.78, 5) is 39.7. The first kappa shape index (κ1) is 23.1. The molecule has 2 rings (SSSR count). The van der Waals surface area contributed by atoms with Gasteiger partial charge in [-0.2, -0.15) is 11.8 Å². The molecule has 0 radical (unpaired) electrons. The summed E-state index contributed by atoms with van der Waals surface area (Å²) in [5.41, 5.74) is 0.389. The zero-order valence-electron chi connectivity index (χ0n) is 17.3. The Morgan fingerprint density at radius 1 is 1.31 bits per heavy atom. The summed E-state index contributed by atoms with van der Waals surface area (Å²) in [6.07, 6.45) is 3.93. The van der Waals surface area contributed by atoms with Gasteiger partial charge in [-0.25, -0.2) is 0 Å². The van der Waals surface area contributed by atoms with E-state index in [1.54, 1.807) is 47.9 Å². The van der Waals surface area contributed by atoms with Crippen molar-refractivity contribution in [1.29, 1.82) is 0 Å². The monoisotopic (exact) mass is 422 g/mol. The molecular formula is C21H30N2O5S. The Bertz CT molecular complexity index is 712. The molecule has 2 amide bonds. The van der Waals surface area contributed by atoms with E-state index in [1.807, 2.05) is 6.26 Å². The van der Waals surface area contributed by atoms with Crippen molar-refractivity contribution in [3.63, 3.8) is 0 Å². The number of hydrogen-bond acceptors (Lipinski definition) is 6. The highest BCUT2D eigenvalue weighted by Crippen LogP contribution is 2.21. The molecule has 1 saturated heterocycles. The van der Waals surface area contributed by atoms with Crippen LogP contribution in [0.2, 0.25) is 0 Å². The molecule has 1 heterocycles. The van der Waals surface area contributed by atoms with Crippen LogP contribution in [0.5, 0.6) is 5.75 Å². The van der Waals surface area contributed by atoms with Gasteiger partial charge in [0.2, 0.25) is 5.91 Å². The van der Waals surface area contributed by atoms with Crippen LogP contribution >= 0.6 is 11.8 Å². The lowest BCUT2D eigenvalue weighted by molar-refractivity contribution is -0.151. The summed E-state index contributed by atoms with van der Waals surface area (Å²) in [7, 11) is 1.51. The topological polar surface area (TPSA) is 84.9 Å².